The number of carbonyl (C=O) groups is 2. The topological polar surface area (TPSA) is 205 Å². The number of ether oxygens (including phenoxy) is 9. The van der Waals surface area contributed by atoms with E-state index in [4.69, 9.17) is 42.6 Å². The lowest BCUT2D eigenvalue weighted by Gasteiger charge is -2.49. The van der Waals surface area contributed by atoms with Crippen LogP contribution < -0.4 is 4.74 Å². The highest BCUT2D eigenvalue weighted by molar-refractivity contribution is 5.74. The lowest BCUT2D eigenvalue weighted by atomic mass is 9.77. The molecule has 1 aromatic carbocycles. The number of nitrogens with zero attached hydrogens (tertiary/aromatic N) is 2. The minimum Gasteiger partial charge on any atom is -0.497 e. The van der Waals surface area contributed by atoms with Crippen molar-refractivity contribution in [2.45, 2.75) is 205 Å². The number of cyclic esters (lactones) is 1. The molecule has 1 aromatic rings. The van der Waals surface area contributed by atoms with Gasteiger partial charge in [0.25, 0.3) is 0 Å². The highest BCUT2D eigenvalue weighted by Gasteiger charge is 2.53. The van der Waals surface area contributed by atoms with Gasteiger partial charge in [-0.1, -0.05) is 32.9 Å². The Hall–Kier alpha value is -2.52. The minimum absolute atomic E-state index is 0.0895. The standard InChI is InChI=1S/C49H84N2O15/c1-17-37-49(11,57)41(52)31(6)51(14)25-27(2)23-47(9,56)43(29(4)39(30(5)44(54)63-37)64-38-24-48(10,59-16)42(53)32(7)62-38)66-46-40(36(50(12)13)22-28(3)61-46)65-45(55)33(8)60-26-34-18-20-35(58-15)21-19-34/h18-21,27-33,36-43,46,52-53,56-57H,17,22-26H2,1-16H3/t27-,28-,29+,30-,31-,32+,33-,36+,37-,38+,39+,40-,41-,42+,43-,46+,47-,48-,49-/m1/s1. The first-order chi connectivity index (χ1) is 30.7. The van der Waals surface area contributed by atoms with E-state index >= 15 is 0 Å². The highest BCUT2D eigenvalue weighted by Crippen LogP contribution is 2.40. The number of aliphatic hydroxyl groups excluding tert-OH is 2. The summed E-state index contributed by atoms with van der Waals surface area (Å²) in [5.41, 5.74) is -3.74. The van der Waals surface area contributed by atoms with E-state index in [2.05, 4.69) is 0 Å². The lowest BCUT2D eigenvalue weighted by Crippen LogP contribution is -2.61. The zero-order valence-electron chi connectivity index (χ0n) is 42.5. The number of aliphatic hydroxyl groups is 4. The average molecular weight is 941 g/mol. The van der Waals surface area contributed by atoms with E-state index in [0.29, 0.717) is 18.7 Å². The summed E-state index contributed by atoms with van der Waals surface area (Å²) in [7, 11) is 8.69. The Labute approximate surface area is 393 Å². The first kappa shape index (κ1) is 56.1. The predicted octanol–water partition coefficient (Wildman–Crippen LogP) is 4.07. The molecule has 380 valence electrons. The zero-order valence-corrected chi connectivity index (χ0v) is 42.5. The fourth-order valence-electron chi connectivity index (χ4n) is 10.1. The van der Waals surface area contributed by atoms with Crippen LogP contribution >= 0.6 is 0 Å². The van der Waals surface area contributed by atoms with Crippen LogP contribution in [0.25, 0.3) is 0 Å². The van der Waals surface area contributed by atoms with Gasteiger partial charge >= 0.3 is 11.9 Å². The van der Waals surface area contributed by atoms with E-state index in [0.717, 1.165) is 5.56 Å². The van der Waals surface area contributed by atoms with Crippen LogP contribution in [0.15, 0.2) is 24.3 Å². The smallest absolute Gasteiger partial charge is 0.335 e. The largest absolute Gasteiger partial charge is 0.497 e. The van der Waals surface area contributed by atoms with Gasteiger partial charge in [0.2, 0.25) is 0 Å². The van der Waals surface area contributed by atoms with Crippen molar-refractivity contribution in [2.75, 3.05) is 41.9 Å². The molecule has 3 fully saturated rings. The molecule has 4 N–H and O–H groups in total. The van der Waals surface area contributed by atoms with Gasteiger partial charge in [-0.3, -0.25) is 4.79 Å². The molecular formula is C49H84N2O15. The van der Waals surface area contributed by atoms with Crippen molar-refractivity contribution >= 4 is 11.9 Å². The third kappa shape index (κ3) is 13.4. The van der Waals surface area contributed by atoms with Gasteiger partial charge in [0.1, 0.15) is 29.7 Å². The van der Waals surface area contributed by atoms with Crippen molar-refractivity contribution in [3.8, 4) is 5.75 Å². The molecule has 0 spiro atoms. The lowest BCUT2D eigenvalue weighted by molar-refractivity contribution is -0.319. The number of benzene rings is 1. The van der Waals surface area contributed by atoms with Gasteiger partial charge in [0.15, 0.2) is 24.8 Å². The molecule has 0 radical (unpaired) electrons. The van der Waals surface area contributed by atoms with Crippen LogP contribution in [0, 0.1) is 17.8 Å². The van der Waals surface area contributed by atoms with Gasteiger partial charge in [0.05, 0.1) is 61.3 Å². The number of hydrogen-bond donors (Lipinski definition) is 4. The normalized spacial score (nSPS) is 41.9. The van der Waals surface area contributed by atoms with Gasteiger partial charge in [-0.25, -0.2) is 4.79 Å². The first-order valence-corrected chi connectivity index (χ1v) is 23.7. The second-order valence-electron chi connectivity index (χ2n) is 20.4. The van der Waals surface area contributed by atoms with E-state index in [1.807, 2.05) is 76.0 Å². The monoisotopic (exact) mass is 941 g/mol. The van der Waals surface area contributed by atoms with Gasteiger partial charge < -0.3 is 72.9 Å². The van der Waals surface area contributed by atoms with Gasteiger partial charge in [0, 0.05) is 32.0 Å². The van der Waals surface area contributed by atoms with E-state index in [1.54, 1.807) is 55.6 Å². The summed E-state index contributed by atoms with van der Waals surface area (Å²) in [6.45, 7) is 19.7. The van der Waals surface area contributed by atoms with Crippen molar-refractivity contribution in [3.05, 3.63) is 29.8 Å². The summed E-state index contributed by atoms with van der Waals surface area (Å²) in [6, 6.07) is 6.37. The van der Waals surface area contributed by atoms with E-state index in [1.165, 1.54) is 14.0 Å². The van der Waals surface area contributed by atoms with Crippen LogP contribution in [0.3, 0.4) is 0 Å². The van der Waals surface area contributed by atoms with Crippen molar-refractivity contribution in [1.82, 2.24) is 9.80 Å². The molecule has 17 heteroatoms. The number of methoxy groups -OCH3 is 2. The summed E-state index contributed by atoms with van der Waals surface area (Å²) >= 11 is 0. The van der Waals surface area contributed by atoms with E-state index in [9.17, 15) is 30.0 Å². The zero-order chi connectivity index (χ0) is 49.6. The number of likely N-dealkylation sites (N-methyl/N-ethyl adjacent to an activating group) is 2. The van der Waals surface area contributed by atoms with Crippen molar-refractivity contribution in [3.63, 3.8) is 0 Å². The molecular weight excluding hydrogens is 857 g/mol. The molecule has 0 amide bonds. The average Bonchev–Trinajstić information content (AvgIpc) is 3.26. The molecule has 3 saturated heterocycles. The Morgan fingerprint density at radius 1 is 0.939 bits per heavy atom. The molecule has 3 aliphatic rings. The van der Waals surface area contributed by atoms with Gasteiger partial charge in [-0.05, 0) is 119 Å². The Kier molecular flexibility index (Phi) is 19.9. The molecule has 66 heavy (non-hydrogen) atoms. The maximum Gasteiger partial charge on any atom is 0.335 e. The quantitative estimate of drug-likeness (QED) is 0.206. The maximum absolute atomic E-state index is 14.5. The second-order valence-corrected chi connectivity index (χ2v) is 20.4. The Bertz CT molecular complexity index is 1680. The van der Waals surface area contributed by atoms with Crippen LogP contribution in [-0.2, 0) is 54.1 Å². The van der Waals surface area contributed by atoms with Crippen LogP contribution in [0.4, 0.5) is 0 Å². The van der Waals surface area contributed by atoms with E-state index < -0.39 is 108 Å². The first-order valence-electron chi connectivity index (χ1n) is 23.7. The number of esters is 2. The van der Waals surface area contributed by atoms with Crippen LogP contribution in [-0.4, -0.2) is 180 Å². The second kappa shape index (κ2) is 23.4. The Morgan fingerprint density at radius 2 is 1.58 bits per heavy atom. The summed E-state index contributed by atoms with van der Waals surface area (Å²) in [6.07, 6.45) is -10.0. The molecule has 0 aliphatic carbocycles. The minimum atomic E-state index is -1.85. The SMILES string of the molecule is CC[C@H]1OC(=O)[C@H](C)[C@@H](O[C@H]2C[C@@](C)(OC)[C@@H](O)[C@H](C)O2)[C@H](C)[C@@H](O[C@@H]2O[C@H](C)C[C@H](N(C)C)[C@H]2OC(=O)[C@@H](C)OCc2ccc(OC)cc2)[C@](C)(O)C[C@@H](C)CN(C)[C@H](C)[C@@H](O)[C@]1(C)O. The highest BCUT2D eigenvalue weighted by atomic mass is 16.7. The summed E-state index contributed by atoms with van der Waals surface area (Å²) in [5, 5.41) is 47.6. The summed E-state index contributed by atoms with van der Waals surface area (Å²) in [4.78, 5) is 32.3. The fourth-order valence-corrected chi connectivity index (χ4v) is 10.1. The third-order valence-corrected chi connectivity index (χ3v) is 14.4. The fraction of sp³-hybridized carbons (Fsp3) is 0.837. The molecule has 4 rings (SSSR count). The molecule has 0 bridgehead atoms. The maximum atomic E-state index is 14.5. The Morgan fingerprint density at radius 3 is 2.15 bits per heavy atom. The molecule has 0 aromatic heterocycles. The number of rotatable bonds is 13. The molecule has 17 nitrogen and oxygen atoms in total. The van der Waals surface area contributed by atoms with Crippen LogP contribution in [0.1, 0.15) is 107 Å². The molecule has 3 heterocycles. The van der Waals surface area contributed by atoms with Crippen molar-refractivity contribution in [1.29, 1.82) is 0 Å². The van der Waals surface area contributed by atoms with Crippen LogP contribution in [0.2, 0.25) is 0 Å². The Balaban J connectivity index is 1.81. The van der Waals surface area contributed by atoms with Gasteiger partial charge in [-0.2, -0.15) is 0 Å². The number of carbonyl (C=O) groups excluding carboxylic acids is 2. The predicted molar refractivity (Wildman–Crippen MR) is 245 cm³/mol. The summed E-state index contributed by atoms with van der Waals surface area (Å²) in [5.74, 6) is -2.79. The molecule has 0 unspecified atom stereocenters. The molecule has 19 atom stereocenters. The summed E-state index contributed by atoms with van der Waals surface area (Å²) < 4.78 is 56.2. The van der Waals surface area contributed by atoms with Crippen molar-refractivity contribution in [2.24, 2.45) is 17.8 Å². The van der Waals surface area contributed by atoms with Gasteiger partial charge in [-0.15, -0.1) is 0 Å². The molecule has 3 aliphatic heterocycles. The van der Waals surface area contributed by atoms with E-state index in [-0.39, 0.29) is 43.9 Å². The van der Waals surface area contributed by atoms with Crippen LogP contribution in [0.5, 0.6) is 5.75 Å². The number of hydrogen-bond acceptors (Lipinski definition) is 17. The van der Waals surface area contributed by atoms with Crippen molar-refractivity contribution < 1.29 is 72.6 Å². The third-order valence-electron chi connectivity index (χ3n) is 14.4. The molecule has 0 saturated carbocycles.